The lowest BCUT2D eigenvalue weighted by atomic mass is 10.1. The van der Waals surface area contributed by atoms with Crippen LogP contribution in [0.2, 0.25) is 0 Å². The number of Topliss-reactive ketones (excluding diaryl/α,β-unsaturated/α-hetero) is 1. The zero-order valence-corrected chi connectivity index (χ0v) is 16.9. The van der Waals surface area contributed by atoms with Gasteiger partial charge < -0.3 is 4.74 Å². The van der Waals surface area contributed by atoms with Crippen LogP contribution in [-0.4, -0.2) is 34.6 Å². The summed E-state index contributed by atoms with van der Waals surface area (Å²) >= 11 is 3.06. The van der Waals surface area contributed by atoms with E-state index in [9.17, 15) is 9.59 Å². The standard InChI is InChI=1S/C20H20N2O3S2/c1-3-25-20(24)15-12-27-18(22-15)9-5-7-16(23)14-10-13-6-4-8-17(26-2)19(13)21-11-14/h4,6,8,10-12H,3,5,7,9H2,1-2H3. The summed E-state index contributed by atoms with van der Waals surface area (Å²) in [5, 5.41) is 3.52. The molecular weight excluding hydrogens is 380 g/mol. The van der Waals surface area contributed by atoms with E-state index in [2.05, 4.69) is 9.97 Å². The van der Waals surface area contributed by atoms with Crippen LogP contribution >= 0.6 is 23.1 Å². The van der Waals surface area contributed by atoms with E-state index < -0.39 is 5.97 Å². The normalized spacial score (nSPS) is 10.9. The highest BCUT2D eigenvalue weighted by atomic mass is 32.2. The van der Waals surface area contributed by atoms with E-state index >= 15 is 0 Å². The van der Waals surface area contributed by atoms with Crippen LogP contribution in [-0.2, 0) is 11.2 Å². The van der Waals surface area contributed by atoms with Gasteiger partial charge in [-0.3, -0.25) is 9.78 Å². The summed E-state index contributed by atoms with van der Waals surface area (Å²) in [7, 11) is 0. The minimum atomic E-state index is -0.400. The fourth-order valence-electron chi connectivity index (χ4n) is 2.72. The van der Waals surface area contributed by atoms with Crippen molar-refractivity contribution in [3.63, 3.8) is 0 Å². The molecular formula is C20H20N2O3S2. The lowest BCUT2D eigenvalue weighted by Crippen LogP contribution is -2.05. The summed E-state index contributed by atoms with van der Waals surface area (Å²) in [6, 6.07) is 7.89. The number of nitrogens with zero attached hydrogens (tertiary/aromatic N) is 2. The zero-order chi connectivity index (χ0) is 19.2. The van der Waals surface area contributed by atoms with E-state index in [-0.39, 0.29) is 5.78 Å². The number of hydrogen-bond acceptors (Lipinski definition) is 7. The molecule has 0 atom stereocenters. The van der Waals surface area contributed by atoms with Crippen molar-refractivity contribution in [1.29, 1.82) is 0 Å². The first-order chi connectivity index (χ1) is 13.1. The number of ether oxygens (including phenoxy) is 1. The van der Waals surface area contributed by atoms with E-state index in [1.807, 2.05) is 30.5 Å². The third-order valence-electron chi connectivity index (χ3n) is 4.05. The molecule has 0 spiro atoms. The monoisotopic (exact) mass is 400 g/mol. The summed E-state index contributed by atoms with van der Waals surface area (Å²) in [4.78, 5) is 34.0. The van der Waals surface area contributed by atoms with Crippen LogP contribution in [0.25, 0.3) is 10.9 Å². The molecule has 0 aliphatic heterocycles. The molecule has 27 heavy (non-hydrogen) atoms. The van der Waals surface area contributed by atoms with Gasteiger partial charge >= 0.3 is 5.97 Å². The largest absolute Gasteiger partial charge is 0.461 e. The lowest BCUT2D eigenvalue weighted by Gasteiger charge is -2.05. The first-order valence-corrected chi connectivity index (χ1v) is 10.8. The first-order valence-electron chi connectivity index (χ1n) is 8.70. The molecule has 0 aliphatic rings. The van der Waals surface area contributed by atoms with E-state index in [0.717, 1.165) is 20.8 Å². The molecule has 140 valence electrons. The Morgan fingerprint density at radius 2 is 2.15 bits per heavy atom. The van der Waals surface area contributed by atoms with Crippen LogP contribution in [0.4, 0.5) is 0 Å². The SMILES string of the molecule is CCOC(=O)c1csc(CCCC(=O)c2cnc3c(SC)cccc3c2)n1. The molecule has 0 saturated heterocycles. The molecule has 5 nitrogen and oxygen atoms in total. The predicted molar refractivity (Wildman–Crippen MR) is 109 cm³/mol. The summed E-state index contributed by atoms with van der Waals surface area (Å²) in [6.07, 6.45) is 5.43. The van der Waals surface area contributed by atoms with Crippen molar-refractivity contribution in [2.75, 3.05) is 12.9 Å². The van der Waals surface area contributed by atoms with Gasteiger partial charge in [0.2, 0.25) is 0 Å². The van der Waals surface area contributed by atoms with Gasteiger partial charge in [-0.1, -0.05) is 12.1 Å². The fraction of sp³-hybridized carbons (Fsp3) is 0.300. The lowest BCUT2D eigenvalue weighted by molar-refractivity contribution is 0.0520. The molecule has 1 aromatic carbocycles. The number of fused-ring (bicyclic) bond motifs is 1. The van der Waals surface area contributed by atoms with Crippen molar-refractivity contribution in [1.82, 2.24) is 9.97 Å². The van der Waals surface area contributed by atoms with Gasteiger partial charge in [-0.15, -0.1) is 23.1 Å². The molecule has 0 saturated carbocycles. The Bertz CT molecular complexity index is 969. The Morgan fingerprint density at radius 3 is 2.93 bits per heavy atom. The van der Waals surface area contributed by atoms with Crippen molar-refractivity contribution >= 4 is 45.8 Å². The Hall–Kier alpha value is -2.25. The van der Waals surface area contributed by atoms with Crippen LogP contribution in [0, 0.1) is 0 Å². The molecule has 3 rings (SSSR count). The van der Waals surface area contributed by atoms with Crippen LogP contribution in [0.3, 0.4) is 0 Å². The smallest absolute Gasteiger partial charge is 0.357 e. The van der Waals surface area contributed by atoms with Gasteiger partial charge in [-0.2, -0.15) is 0 Å². The van der Waals surface area contributed by atoms with E-state index in [0.29, 0.717) is 37.1 Å². The number of carbonyl (C=O) groups is 2. The van der Waals surface area contributed by atoms with Gasteiger partial charge in [0.25, 0.3) is 0 Å². The number of esters is 1. The number of benzene rings is 1. The second kappa shape index (κ2) is 9.10. The van der Waals surface area contributed by atoms with Gasteiger partial charge in [-0.05, 0) is 38.2 Å². The second-order valence-electron chi connectivity index (χ2n) is 5.88. The third kappa shape index (κ3) is 4.73. The third-order valence-corrected chi connectivity index (χ3v) is 5.72. The number of hydrogen-bond donors (Lipinski definition) is 0. The molecule has 0 unspecified atom stereocenters. The molecule has 2 aromatic heterocycles. The van der Waals surface area contributed by atoms with Crippen molar-refractivity contribution in [3.8, 4) is 0 Å². The molecule has 0 bridgehead atoms. The highest BCUT2D eigenvalue weighted by molar-refractivity contribution is 7.98. The van der Waals surface area contributed by atoms with Crippen LogP contribution in [0.1, 0.15) is 45.6 Å². The van der Waals surface area contributed by atoms with Crippen LogP contribution in [0.15, 0.2) is 40.7 Å². The van der Waals surface area contributed by atoms with E-state index in [4.69, 9.17) is 4.74 Å². The van der Waals surface area contributed by atoms with Gasteiger partial charge in [0, 0.05) is 33.8 Å². The Labute approximate surface area is 166 Å². The maximum Gasteiger partial charge on any atom is 0.357 e. The minimum Gasteiger partial charge on any atom is -0.461 e. The number of aryl methyl sites for hydroxylation is 1. The van der Waals surface area contributed by atoms with Gasteiger partial charge in [-0.25, -0.2) is 9.78 Å². The van der Waals surface area contributed by atoms with Gasteiger partial charge in [0.05, 0.1) is 17.1 Å². The summed E-state index contributed by atoms with van der Waals surface area (Å²) in [6.45, 7) is 2.10. The highest BCUT2D eigenvalue weighted by Crippen LogP contribution is 2.25. The average molecular weight is 401 g/mol. The zero-order valence-electron chi connectivity index (χ0n) is 15.2. The minimum absolute atomic E-state index is 0.0705. The predicted octanol–water partition coefficient (Wildman–Crippen LogP) is 4.80. The molecule has 0 radical (unpaired) electrons. The highest BCUT2D eigenvalue weighted by Gasteiger charge is 2.13. The topological polar surface area (TPSA) is 69.2 Å². The molecule has 0 fully saturated rings. The van der Waals surface area contributed by atoms with Crippen LogP contribution < -0.4 is 0 Å². The summed E-state index contributed by atoms with van der Waals surface area (Å²) in [5.41, 5.74) is 1.90. The molecule has 7 heteroatoms. The summed E-state index contributed by atoms with van der Waals surface area (Å²) in [5.74, 6) is -0.330. The number of pyridine rings is 1. The van der Waals surface area contributed by atoms with Crippen molar-refractivity contribution < 1.29 is 14.3 Å². The quantitative estimate of drug-likeness (QED) is 0.307. The molecule has 0 amide bonds. The summed E-state index contributed by atoms with van der Waals surface area (Å²) < 4.78 is 4.94. The molecule has 3 aromatic rings. The number of carbonyl (C=O) groups excluding carboxylic acids is 2. The van der Waals surface area contributed by atoms with Crippen molar-refractivity contribution in [2.24, 2.45) is 0 Å². The number of para-hydroxylation sites is 1. The second-order valence-corrected chi connectivity index (χ2v) is 7.67. The number of thioether (sulfide) groups is 1. The number of rotatable bonds is 8. The van der Waals surface area contributed by atoms with Gasteiger partial charge in [0.1, 0.15) is 0 Å². The first kappa shape index (κ1) is 19.5. The Morgan fingerprint density at radius 1 is 1.30 bits per heavy atom. The number of ketones is 1. The van der Waals surface area contributed by atoms with Crippen molar-refractivity contribution in [3.05, 3.63) is 52.1 Å². The van der Waals surface area contributed by atoms with Gasteiger partial charge in [0.15, 0.2) is 11.5 Å². The molecule has 0 N–H and O–H groups in total. The van der Waals surface area contributed by atoms with E-state index in [1.54, 1.807) is 30.3 Å². The fourth-order valence-corrected chi connectivity index (χ4v) is 4.11. The molecule has 2 heterocycles. The maximum atomic E-state index is 12.5. The molecule has 0 aliphatic carbocycles. The average Bonchev–Trinajstić information content (AvgIpc) is 3.16. The van der Waals surface area contributed by atoms with Crippen LogP contribution in [0.5, 0.6) is 0 Å². The Balaban J connectivity index is 1.60. The van der Waals surface area contributed by atoms with E-state index in [1.165, 1.54) is 11.3 Å². The Kier molecular flexibility index (Phi) is 6.58. The number of thiazole rings is 1. The maximum absolute atomic E-state index is 12.5. The number of aromatic nitrogens is 2. The van der Waals surface area contributed by atoms with Crippen molar-refractivity contribution in [2.45, 2.75) is 31.1 Å².